The van der Waals surface area contributed by atoms with Gasteiger partial charge in [-0.3, -0.25) is 24.1 Å². The van der Waals surface area contributed by atoms with Crippen LogP contribution in [0.15, 0.2) is 42.5 Å². The van der Waals surface area contributed by atoms with Crippen LogP contribution in [-0.4, -0.2) is 54.8 Å². The van der Waals surface area contributed by atoms with Gasteiger partial charge in [0, 0.05) is 25.8 Å². The average molecular weight is 407 g/mol. The first-order valence-corrected chi connectivity index (χ1v) is 9.72. The Kier molecular flexibility index (Phi) is 5.33. The zero-order chi connectivity index (χ0) is 21.3. The maximum absolute atomic E-state index is 12.8. The van der Waals surface area contributed by atoms with E-state index in [2.05, 4.69) is 10.6 Å². The highest BCUT2D eigenvalue weighted by Crippen LogP contribution is 2.24. The maximum Gasteiger partial charge on any atom is 0.261 e. The van der Waals surface area contributed by atoms with E-state index in [1.165, 1.54) is 25.2 Å². The number of benzene rings is 2. The van der Waals surface area contributed by atoms with Crippen molar-refractivity contribution in [2.75, 3.05) is 25.5 Å². The van der Waals surface area contributed by atoms with Gasteiger partial charge in [-0.25, -0.2) is 0 Å². The van der Waals surface area contributed by atoms with Crippen LogP contribution in [0.25, 0.3) is 0 Å². The van der Waals surface area contributed by atoms with Crippen molar-refractivity contribution < 1.29 is 23.9 Å². The Morgan fingerprint density at radius 2 is 1.83 bits per heavy atom. The molecule has 30 heavy (non-hydrogen) atoms. The molecule has 1 fully saturated rings. The molecule has 2 aliphatic heterocycles. The number of anilines is 1. The summed E-state index contributed by atoms with van der Waals surface area (Å²) in [5, 5.41) is 5.56. The molecular formula is C22H21N3O5. The van der Waals surface area contributed by atoms with Gasteiger partial charge in [-0.1, -0.05) is 12.1 Å². The third kappa shape index (κ3) is 3.69. The van der Waals surface area contributed by atoms with Crippen molar-refractivity contribution in [1.29, 1.82) is 0 Å². The molecule has 0 aromatic heterocycles. The second kappa shape index (κ2) is 8.08. The molecule has 2 aromatic carbocycles. The van der Waals surface area contributed by atoms with E-state index < -0.39 is 17.7 Å². The molecule has 4 rings (SSSR count). The molecule has 4 amide bonds. The lowest BCUT2D eigenvalue weighted by atomic mass is 10.0. The van der Waals surface area contributed by atoms with E-state index >= 15 is 0 Å². The zero-order valence-corrected chi connectivity index (χ0v) is 16.4. The van der Waals surface area contributed by atoms with Gasteiger partial charge in [-0.15, -0.1) is 0 Å². The summed E-state index contributed by atoms with van der Waals surface area (Å²) in [7, 11) is 1.40. The summed E-state index contributed by atoms with van der Waals surface area (Å²) in [5.41, 5.74) is 1.37. The van der Waals surface area contributed by atoms with Crippen molar-refractivity contribution in [2.24, 2.45) is 0 Å². The summed E-state index contributed by atoms with van der Waals surface area (Å²) in [6, 6.07) is 11.0. The summed E-state index contributed by atoms with van der Waals surface area (Å²) >= 11 is 0. The van der Waals surface area contributed by atoms with Crippen LogP contribution in [0.2, 0.25) is 0 Å². The summed E-state index contributed by atoms with van der Waals surface area (Å²) in [4.78, 5) is 50.6. The molecule has 0 saturated carbocycles. The number of imide groups is 1. The SMILES string of the molecule is CN1C(=O)c2ccc(C(=O)Nc3ccccc3C(=O)NCC3CCCO3)cc2C1=O. The van der Waals surface area contributed by atoms with Gasteiger partial charge in [0.25, 0.3) is 23.6 Å². The summed E-state index contributed by atoms with van der Waals surface area (Å²) in [5.74, 6) is -1.63. The highest BCUT2D eigenvalue weighted by atomic mass is 16.5. The number of nitrogens with one attached hydrogen (secondary N) is 2. The number of hydrogen-bond donors (Lipinski definition) is 2. The van der Waals surface area contributed by atoms with Crippen LogP contribution in [0.5, 0.6) is 0 Å². The molecule has 0 aliphatic carbocycles. The van der Waals surface area contributed by atoms with Gasteiger partial charge in [-0.05, 0) is 43.2 Å². The second-order valence-corrected chi connectivity index (χ2v) is 7.27. The van der Waals surface area contributed by atoms with Gasteiger partial charge in [-0.2, -0.15) is 0 Å². The predicted molar refractivity (Wildman–Crippen MR) is 109 cm³/mol. The van der Waals surface area contributed by atoms with Crippen LogP contribution in [0.1, 0.15) is 54.3 Å². The van der Waals surface area contributed by atoms with Gasteiger partial charge < -0.3 is 15.4 Å². The number of nitrogens with zero attached hydrogens (tertiary/aromatic N) is 1. The minimum absolute atomic E-state index is 0.0143. The van der Waals surface area contributed by atoms with Crippen molar-refractivity contribution >= 4 is 29.3 Å². The standard InChI is InChI=1S/C22H21N3O5/c1-25-21(28)15-9-8-13(11-17(15)22(25)29)19(26)24-18-7-3-2-6-16(18)20(27)23-12-14-5-4-10-30-14/h2-3,6-9,11,14H,4-5,10,12H2,1H3,(H,23,27)(H,24,26). The maximum atomic E-state index is 12.8. The fraction of sp³-hybridized carbons (Fsp3) is 0.273. The van der Waals surface area contributed by atoms with Crippen LogP contribution in [-0.2, 0) is 4.74 Å². The Labute approximate surface area is 173 Å². The number of ether oxygens (including phenoxy) is 1. The van der Waals surface area contributed by atoms with Crippen LogP contribution >= 0.6 is 0 Å². The molecule has 0 radical (unpaired) electrons. The summed E-state index contributed by atoms with van der Waals surface area (Å²) in [6.45, 7) is 1.12. The van der Waals surface area contributed by atoms with Gasteiger partial charge in [0.2, 0.25) is 0 Å². The lowest BCUT2D eigenvalue weighted by Gasteiger charge is -2.14. The second-order valence-electron chi connectivity index (χ2n) is 7.27. The Morgan fingerprint density at radius 3 is 2.60 bits per heavy atom. The Balaban J connectivity index is 1.50. The summed E-state index contributed by atoms with van der Waals surface area (Å²) < 4.78 is 5.51. The van der Waals surface area contributed by atoms with Crippen molar-refractivity contribution in [3.63, 3.8) is 0 Å². The molecule has 8 heteroatoms. The minimum atomic E-state index is -0.480. The van der Waals surface area contributed by atoms with Gasteiger partial charge >= 0.3 is 0 Å². The molecule has 154 valence electrons. The van der Waals surface area contributed by atoms with Gasteiger partial charge in [0.15, 0.2) is 0 Å². The Bertz CT molecular complexity index is 1040. The average Bonchev–Trinajstić information content (AvgIpc) is 3.36. The number of carbonyl (C=O) groups is 4. The van der Waals surface area contributed by atoms with E-state index in [4.69, 9.17) is 4.74 Å². The normalized spacial score (nSPS) is 17.8. The topological polar surface area (TPSA) is 105 Å². The third-order valence-corrected chi connectivity index (χ3v) is 5.29. The summed E-state index contributed by atoms with van der Waals surface area (Å²) in [6.07, 6.45) is 1.91. The Morgan fingerprint density at radius 1 is 1.07 bits per heavy atom. The number of rotatable bonds is 5. The highest BCUT2D eigenvalue weighted by Gasteiger charge is 2.33. The smallest absolute Gasteiger partial charge is 0.261 e. The monoisotopic (exact) mass is 407 g/mol. The quantitative estimate of drug-likeness (QED) is 0.739. The first kappa shape index (κ1) is 19.8. The van der Waals surface area contributed by atoms with Gasteiger partial charge in [0.05, 0.1) is 28.5 Å². The first-order valence-electron chi connectivity index (χ1n) is 9.72. The molecule has 1 saturated heterocycles. The van der Waals surface area contributed by atoms with Gasteiger partial charge in [0.1, 0.15) is 0 Å². The lowest BCUT2D eigenvalue weighted by Crippen LogP contribution is -2.32. The van der Waals surface area contributed by atoms with E-state index in [1.54, 1.807) is 24.3 Å². The van der Waals surface area contributed by atoms with Crippen molar-refractivity contribution in [3.05, 3.63) is 64.7 Å². The molecular weight excluding hydrogens is 386 g/mol. The minimum Gasteiger partial charge on any atom is -0.376 e. The van der Waals surface area contributed by atoms with E-state index in [1.807, 2.05) is 0 Å². The number of carbonyl (C=O) groups excluding carboxylic acids is 4. The number of para-hydroxylation sites is 1. The molecule has 2 heterocycles. The molecule has 1 atom stereocenters. The molecule has 8 nitrogen and oxygen atoms in total. The van der Waals surface area contributed by atoms with Crippen molar-refractivity contribution in [1.82, 2.24) is 10.2 Å². The fourth-order valence-corrected chi connectivity index (χ4v) is 3.59. The number of fused-ring (bicyclic) bond motifs is 1. The number of hydrogen-bond acceptors (Lipinski definition) is 5. The van der Waals surface area contributed by atoms with E-state index in [0.717, 1.165) is 17.7 Å². The third-order valence-electron chi connectivity index (χ3n) is 5.29. The van der Waals surface area contributed by atoms with Crippen LogP contribution in [0.3, 0.4) is 0 Å². The largest absolute Gasteiger partial charge is 0.376 e. The first-order chi connectivity index (χ1) is 14.5. The van der Waals surface area contributed by atoms with E-state index in [0.29, 0.717) is 24.4 Å². The molecule has 2 aromatic rings. The van der Waals surface area contributed by atoms with Crippen molar-refractivity contribution in [2.45, 2.75) is 18.9 Å². The zero-order valence-electron chi connectivity index (χ0n) is 16.4. The molecule has 1 unspecified atom stereocenters. The van der Waals surface area contributed by atoms with E-state index in [-0.39, 0.29) is 28.7 Å². The van der Waals surface area contributed by atoms with Crippen LogP contribution < -0.4 is 10.6 Å². The van der Waals surface area contributed by atoms with E-state index in [9.17, 15) is 19.2 Å². The molecule has 0 spiro atoms. The highest BCUT2D eigenvalue weighted by molar-refractivity contribution is 6.22. The van der Waals surface area contributed by atoms with Crippen molar-refractivity contribution in [3.8, 4) is 0 Å². The van der Waals surface area contributed by atoms with Crippen LogP contribution in [0.4, 0.5) is 5.69 Å². The molecule has 0 bridgehead atoms. The molecule has 2 aliphatic rings. The Hall–Kier alpha value is -3.52. The fourth-order valence-electron chi connectivity index (χ4n) is 3.59. The number of amides is 4. The molecule has 2 N–H and O–H groups in total. The van der Waals surface area contributed by atoms with Crippen LogP contribution in [0, 0.1) is 0 Å². The predicted octanol–water partition coefficient (Wildman–Crippen LogP) is 2.07. The lowest BCUT2D eigenvalue weighted by molar-refractivity contribution is 0.0692.